The van der Waals surface area contributed by atoms with Crippen LogP contribution in [0.4, 0.5) is 4.79 Å². The second-order valence-electron chi connectivity index (χ2n) is 3.32. The maximum atomic E-state index is 11.5. The number of carbonyl (C=O) groups excluding carboxylic acids is 2. The van der Waals surface area contributed by atoms with Gasteiger partial charge in [-0.25, -0.2) is 4.79 Å². The minimum atomic E-state index is -0.375. The number of imide groups is 1. The van der Waals surface area contributed by atoms with Crippen LogP contribution in [0.15, 0.2) is 17.1 Å². The number of thiophene rings is 1. The molecule has 0 aromatic carbocycles. The van der Waals surface area contributed by atoms with Gasteiger partial charge in [0, 0.05) is 11.9 Å². The molecule has 1 N–H and O–H groups in total. The first kappa shape index (κ1) is 9.92. The number of amides is 3. The zero-order valence-corrected chi connectivity index (χ0v) is 9.22. The van der Waals surface area contributed by atoms with Crippen molar-refractivity contribution < 1.29 is 9.59 Å². The Morgan fingerprint density at radius 1 is 1.47 bits per heavy atom. The summed E-state index contributed by atoms with van der Waals surface area (Å²) in [6.07, 6.45) is 1.71. The van der Waals surface area contributed by atoms with Crippen LogP contribution in [-0.4, -0.2) is 23.9 Å². The van der Waals surface area contributed by atoms with Crippen molar-refractivity contribution in [1.29, 1.82) is 0 Å². The zero-order chi connectivity index (χ0) is 11.0. The Bertz CT molecular complexity index is 462. The highest BCUT2D eigenvalue weighted by molar-refractivity contribution is 7.11. The first-order valence-corrected chi connectivity index (χ1v) is 5.32. The van der Waals surface area contributed by atoms with E-state index in [4.69, 9.17) is 0 Å². The fraction of sp³-hybridized carbons (Fsp3) is 0.200. The van der Waals surface area contributed by atoms with E-state index in [1.807, 2.05) is 18.4 Å². The van der Waals surface area contributed by atoms with E-state index >= 15 is 0 Å². The van der Waals surface area contributed by atoms with E-state index < -0.39 is 0 Å². The van der Waals surface area contributed by atoms with E-state index in [0.717, 1.165) is 15.3 Å². The van der Waals surface area contributed by atoms with Crippen LogP contribution in [0.5, 0.6) is 0 Å². The highest BCUT2D eigenvalue weighted by Crippen LogP contribution is 2.20. The molecule has 0 bridgehead atoms. The average molecular weight is 222 g/mol. The summed E-state index contributed by atoms with van der Waals surface area (Å²) in [6, 6.07) is 1.60. The van der Waals surface area contributed by atoms with Crippen LogP contribution in [-0.2, 0) is 4.79 Å². The Hall–Kier alpha value is -1.62. The minimum absolute atomic E-state index is 0.284. The highest BCUT2D eigenvalue weighted by Gasteiger charge is 2.30. The molecule has 0 aliphatic carbocycles. The highest BCUT2D eigenvalue weighted by atomic mass is 32.1. The fourth-order valence-corrected chi connectivity index (χ4v) is 2.15. The van der Waals surface area contributed by atoms with E-state index in [1.54, 1.807) is 17.4 Å². The summed E-state index contributed by atoms with van der Waals surface area (Å²) in [7, 11) is 1.46. The molecule has 1 saturated heterocycles. The summed E-state index contributed by atoms with van der Waals surface area (Å²) in [4.78, 5) is 24.8. The normalized spacial score (nSPS) is 18.8. The SMILES string of the molecule is Cc1ccsc1/C=C1/NC(=O)N(C)C1=O. The third-order valence-electron chi connectivity index (χ3n) is 2.26. The quantitative estimate of drug-likeness (QED) is 0.579. The second-order valence-corrected chi connectivity index (χ2v) is 4.27. The Morgan fingerprint density at radius 3 is 2.67 bits per heavy atom. The molecule has 1 fully saturated rings. The molecule has 0 unspecified atom stereocenters. The van der Waals surface area contributed by atoms with Gasteiger partial charge in [-0.1, -0.05) is 0 Å². The van der Waals surface area contributed by atoms with Crippen molar-refractivity contribution in [3.8, 4) is 0 Å². The van der Waals surface area contributed by atoms with Gasteiger partial charge in [0.1, 0.15) is 5.70 Å². The van der Waals surface area contributed by atoms with Crippen LogP contribution in [0, 0.1) is 6.92 Å². The van der Waals surface area contributed by atoms with Crippen LogP contribution in [0.3, 0.4) is 0 Å². The molecule has 2 rings (SSSR count). The molecule has 2 heterocycles. The van der Waals surface area contributed by atoms with Gasteiger partial charge < -0.3 is 5.32 Å². The maximum Gasteiger partial charge on any atom is 0.328 e. The largest absolute Gasteiger partial charge is 0.328 e. The third-order valence-corrected chi connectivity index (χ3v) is 3.22. The minimum Gasteiger partial charge on any atom is -0.303 e. The van der Waals surface area contributed by atoms with Crippen molar-refractivity contribution in [1.82, 2.24) is 10.2 Å². The molecule has 1 aromatic heterocycles. The molecule has 5 heteroatoms. The number of likely N-dealkylation sites (N-methyl/N-ethyl adjacent to an activating group) is 1. The number of urea groups is 1. The summed E-state index contributed by atoms with van der Waals surface area (Å²) in [5.41, 5.74) is 1.44. The number of nitrogens with one attached hydrogen (secondary N) is 1. The lowest BCUT2D eigenvalue weighted by Crippen LogP contribution is -2.25. The van der Waals surface area contributed by atoms with Crippen LogP contribution in [0.1, 0.15) is 10.4 Å². The first-order chi connectivity index (χ1) is 7.09. The van der Waals surface area contributed by atoms with Gasteiger partial charge in [0.15, 0.2) is 0 Å². The number of aryl methyl sites for hydroxylation is 1. The summed E-state index contributed by atoms with van der Waals surface area (Å²) < 4.78 is 0. The van der Waals surface area contributed by atoms with Crippen molar-refractivity contribution in [3.05, 3.63) is 27.6 Å². The van der Waals surface area contributed by atoms with Crippen molar-refractivity contribution in [2.75, 3.05) is 7.05 Å². The molecule has 0 saturated carbocycles. The molecule has 1 aliphatic heterocycles. The molecular weight excluding hydrogens is 212 g/mol. The smallest absolute Gasteiger partial charge is 0.303 e. The molecule has 3 amide bonds. The number of hydrogen-bond donors (Lipinski definition) is 1. The van der Waals surface area contributed by atoms with Gasteiger partial charge in [-0.15, -0.1) is 11.3 Å². The van der Waals surface area contributed by atoms with Gasteiger partial charge in [0.25, 0.3) is 5.91 Å². The number of carbonyl (C=O) groups is 2. The van der Waals surface area contributed by atoms with Gasteiger partial charge in [-0.3, -0.25) is 9.69 Å². The molecule has 1 aromatic rings. The van der Waals surface area contributed by atoms with Crippen LogP contribution < -0.4 is 5.32 Å². The summed E-state index contributed by atoms with van der Waals surface area (Å²) >= 11 is 1.54. The summed E-state index contributed by atoms with van der Waals surface area (Å²) in [6.45, 7) is 1.97. The molecule has 0 radical (unpaired) electrons. The predicted octanol–water partition coefficient (Wildman–Crippen LogP) is 1.58. The molecule has 1 aliphatic rings. The van der Waals surface area contributed by atoms with Crippen LogP contribution >= 0.6 is 11.3 Å². The molecule has 78 valence electrons. The van der Waals surface area contributed by atoms with Crippen molar-refractivity contribution in [2.45, 2.75) is 6.92 Å². The van der Waals surface area contributed by atoms with Crippen LogP contribution in [0.2, 0.25) is 0 Å². The topological polar surface area (TPSA) is 49.4 Å². The van der Waals surface area contributed by atoms with E-state index in [-0.39, 0.29) is 11.9 Å². The Morgan fingerprint density at radius 2 is 2.20 bits per heavy atom. The Labute approximate surface area is 91.2 Å². The van der Waals surface area contributed by atoms with E-state index in [9.17, 15) is 9.59 Å². The number of nitrogens with zero attached hydrogens (tertiary/aromatic N) is 1. The first-order valence-electron chi connectivity index (χ1n) is 4.44. The Kier molecular flexibility index (Phi) is 2.32. The average Bonchev–Trinajstić information content (AvgIpc) is 2.69. The van der Waals surface area contributed by atoms with Gasteiger partial charge >= 0.3 is 6.03 Å². The van der Waals surface area contributed by atoms with Gasteiger partial charge in [0.2, 0.25) is 0 Å². The lowest BCUT2D eigenvalue weighted by Gasteiger charge is -1.99. The Balaban J connectivity index is 2.34. The fourth-order valence-electron chi connectivity index (χ4n) is 1.29. The molecule has 0 atom stereocenters. The lowest BCUT2D eigenvalue weighted by atomic mass is 10.2. The van der Waals surface area contributed by atoms with Crippen molar-refractivity contribution >= 4 is 29.4 Å². The van der Waals surface area contributed by atoms with E-state index in [1.165, 1.54) is 7.05 Å². The molecule has 4 nitrogen and oxygen atoms in total. The van der Waals surface area contributed by atoms with Gasteiger partial charge in [-0.05, 0) is 30.0 Å². The monoisotopic (exact) mass is 222 g/mol. The zero-order valence-electron chi connectivity index (χ0n) is 8.40. The third kappa shape index (κ3) is 1.66. The van der Waals surface area contributed by atoms with Gasteiger partial charge in [-0.2, -0.15) is 0 Å². The number of rotatable bonds is 1. The molecule has 15 heavy (non-hydrogen) atoms. The lowest BCUT2D eigenvalue weighted by molar-refractivity contribution is -0.121. The predicted molar refractivity (Wildman–Crippen MR) is 58.3 cm³/mol. The maximum absolute atomic E-state index is 11.5. The number of hydrogen-bond acceptors (Lipinski definition) is 3. The summed E-state index contributed by atoms with van der Waals surface area (Å²) in [5, 5.41) is 4.48. The second kappa shape index (κ2) is 3.51. The molecular formula is C10H10N2O2S. The van der Waals surface area contributed by atoms with E-state index in [2.05, 4.69) is 5.32 Å². The summed E-state index contributed by atoms with van der Waals surface area (Å²) in [5.74, 6) is -0.284. The standard InChI is InChI=1S/C10H10N2O2S/c1-6-3-4-15-8(6)5-7-9(13)12(2)10(14)11-7/h3-5H,1-2H3,(H,11,14)/b7-5+. The van der Waals surface area contributed by atoms with E-state index in [0.29, 0.717) is 5.70 Å². The van der Waals surface area contributed by atoms with Crippen molar-refractivity contribution in [3.63, 3.8) is 0 Å². The van der Waals surface area contributed by atoms with Gasteiger partial charge in [0.05, 0.1) is 0 Å². The molecule has 0 spiro atoms. The van der Waals surface area contributed by atoms with Crippen LogP contribution in [0.25, 0.3) is 6.08 Å². The van der Waals surface area contributed by atoms with Crippen molar-refractivity contribution in [2.24, 2.45) is 0 Å².